The summed E-state index contributed by atoms with van der Waals surface area (Å²) in [5, 5.41) is 0. The Morgan fingerprint density at radius 3 is 2.62 bits per heavy atom. The molecule has 21 heavy (non-hydrogen) atoms. The predicted molar refractivity (Wildman–Crippen MR) is 82.0 cm³/mol. The maximum Gasteiger partial charge on any atom is 0.244 e. The van der Waals surface area contributed by atoms with Crippen molar-refractivity contribution in [2.75, 3.05) is 44.8 Å². The molecule has 118 valence electrons. The van der Waals surface area contributed by atoms with Crippen LogP contribution >= 0.6 is 0 Å². The molecule has 2 rings (SSSR count). The van der Waals surface area contributed by atoms with Crippen LogP contribution in [-0.4, -0.2) is 57.6 Å². The van der Waals surface area contributed by atoms with E-state index < -0.39 is 10.0 Å². The van der Waals surface area contributed by atoms with Crippen molar-refractivity contribution in [3.63, 3.8) is 0 Å². The third-order valence-corrected chi connectivity index (χ3v) is 5.45. The molecular formula is C14H23N3O3S. The summed E-state index contributed by atoms with van der Waals surface area (Å²) in [6.45, 7) is 4.76. The summed E-state index contributed by atoms with van der Waals surface area (Å²) in [5.74, 6) is 0.796. The Labute approximate surface area is 126 Å². The fourth-order valence-corrected chi connectivity index (χ4v) is 3.55. The van der Waals surface area contributed by atoms with Crippen LogP contribution in [0.4, 0.5) is 5.82 Å². The van der Waals surface area contributed by atoms with Crippen LogP contribution in [0.15, 0.2) is 23.2 Å². The number of hydrogen-bond acceptors (Lipinski definition) is 5. The second-order valence-corrected chi connectivity index (χ2v) is 7.08. The zero-order valence-corrected chi connectivity index (χ0v) is 13.5. The van der Waals surface area contributed by atoms with Gasteiger partial charge in [-0.2, -0.15) is 4.31 Å². The lowest BCUT2D eigenvalue weighted by Crippen LogP contribution is -2.40. The van der Waals surface area contributed by atoms with Gasteiger partial charge in [-0.1, -0.05) is 13.3 Å². The topological polar surface area (TPSA) is 62.7 Å². The lowest BCUT2D eigenvalue weighted by atomic mass is 10.3. The van der Waals surface area contributed by atoms with Crippen LogP contribution in [0.5, 0.6) is 0 Å². The molecule has 0 radical (unpaired) electrons. The Morgan fingerprint density at radius 1 is 1.33 bits per heavy atom. The van der Waals surface area contributed by atoms with E-state index in [1.165, 1.54) is 10.5 Å². The second kappa shape index (κ2) is 7.20. The molecule has 0 spiro atoms. The van der Waals surface area contributed by atoms with Gasteiger partial charge in [-0.25, -0.2) is 13.4 Å². The number of morpholine rings is 1. The molecule has 0 amide bonds. The number of aromatic nitrogens is 1. The average molecular weight is 313 g/mol. The van der Waals surface area contributed by atoms with Crippen molar-refractivity contribution in [2.24, 2.45) is 0 Å². The van der Waals surface area contributed by atoms with Crippen LogP contribution in [0, 0.1) is 0 Å². The summed E-state index contributed by atoms with van der Waals surface area (Å²) in [4.78, 5) is 6.57. The van der Waals surface area contributed by atoms with Crippen LogP contribution in [0.25, 0.3) is 0 Å². The van der Waals surface area contributed by atoms with E-state index >= 15 is 0 Å². The van der Waals surface area contributed by atoms with E-state index in [0.717, 1.165) is 25.2 Å². The van der Waals surface area contributed by atoms with Crippen molar-refractivity contribution in [3.8, 4) is 0 Å². The fourth-order valence-electron chi connectivity index (χ4n) is 2.20. The molecule has 1 aliphatic heterocycles. The number of ether oxygens (including phenoxy) is 1. The smallest absolute Gasteiger partial charge is 0.244 e. The molecule has 1 fully saturated rings. The van der Waals surface area contributed by atoms with Crippen LogP contribution < -0.4 is 4.90 Å². The number of unbranched alkanes of at least 4 members (excludes halogenated alkanes) is 1. The van der Waals surface area contributed by atoms with Crippen molar-refractivity contribution < 1.29 is 13.2 Å². The number of hydrogen-bond donors (Lipinski definition) is 0. The van der Waals surface area contributed by atoms with E-state index in [1.807, 2.05) is 11.9 Å². The van der Waals surface area contributed by atoms with Gasteiger partial charge in [0.1, 0.15) is 10.7 Å². The van der Waals surface area contributed by atoms with E-state index in [-0.39, 0.29) is 4.90 Å². The van der Waals surface area contributed by atoms with E-state index in [1.54, 1.807) is 12.1 Å². The van der Waals surface area contributed by atoms with Crippen LogP contribution in [0.2, 0.25) is 0 Å². The van der Waals surface area contributed by atoms with Crippen molar-refractivity contribution in [1.82, 2.24) is 9.29 Å². The molecule has 1 aromatic rings. The van der Waals surface area contributed by atoms with E-state index in [0.29, 0.717) is 26.3 Å². The summed E-state index contributed by atoms with van der Waals surface area (Å²) < 4.78 is 31.6. The number of sulfonamides is 1. The first-order chi connectivity index (χ1) is 10.1. The zero-order valence-electron chi connectivity index (χ0n) is 12.7. The minimum Gasteiger partial charge on any atom is -0.379 e. The lowest BCUT2D eigenvalue weighted by molar-refractivity contribution is 0.0730. The van der Waals surface area contributed by atoms with Crippen molar-refractivity contribution in [1.29, 1.82) is 0 Å². The molecule has 7 heteroatoms. The summed E-state index contributed by atoms with van der Waals surface area (Å²) in [5.41, 5.74) is 0. The minimum absolute atomic E-state index is 0.247. The number of pyridine rings is 1. The SMILES string of the molecule is CCCCN(C)c1ccc(S(=O)(=O)N2CCOCC2)cn1. The Morgan fingerprint density at radius 2 is 2.05 bits per heavy atom. The van der Waals surface area contributed by atoms with Crippen molar-refractivity contribution in [3.05, 3.63) is 18.3 Å². The Balaban J connectivity index is 2.10. The molecule has 1 aliphatic rings. The second-order valence-electron chi connectivity index (χ2n) is 5.14. The van der Waals surface area contributed by atoms with Gasteiger partial charge >= 0.3 is 0 Å². The van der Waals surface area contributed by atoms with E-state index in [4.69, 9.17) is 4.74 Å². The van der Waals surface area contributed by atoms with Crippen LogP contribution in [-0.2, 0) is 14.8 Å². The first kappa shape index (κ1) is 16.2. The largest absolute Gasteiger partial charge is 0.379 e. The van der Waals surface area contributed by atoms with Crippen molar-refractivity contribution in [2.45, 2.75) is 24.7 Å². The Hall–Kier alpha value is -1.18. The summed E-state index contributed by atoms with van der Waals surface area (Å²) in [6.07, 6.45) is 3.66. The molecule has 0 atom stereocenters. The molecule has 2 heterocycles. The quantitative estimate of drug-likeness (QED) is 0.793. The molecule has 0 bridgehead atoms. The van der Waals surface area contributed by atoms with Gasteiger partial charge in [-0.3, -0.25) is 0 Å². The predicted octanol–water partition coefficient (Wildman–Crippen LogP) is 1.34. The van der Waals surface area contributed by atoms with Gasteiger partial charge in [0.25, 0.3) is 0 Å². The molecule has 0 N–H and O–H groups in total. The molecule has 0 saturated carbocycles. The molecular weight excluding hydrogens is 290 g/mol. The minimum atomic E-state index is -3.45. The number of rotatable bonds is 6. The van der Waals surface area contributed by atoms with E-state index in [2.05, 4.69) is 11.9 Å². The van der Waals surface area contributed by atoms with Crippen LogP contribution in [0.1, 0.15) is 19.8 Å². The first-order valence-corrected chi connectivity index (χ1v) is 8.75. The lowest BCUT2D eigenvalue weighted by Gasteiger charge is -2.26. The van der Waals surface area contributed by atoms with Gasteiger partial charge < -0.3 is 9.64 Å². The third kappa shape index (κ3) is 3.93. The van der Waals surface area contributed by atoms with Crippen molar-refractivity contribution >= 4 is 15.8 Å². The summed E-state index contributed by atoms with van der Waals surface area (Å²) in [6, 6.07) is 3.40. The average Bonchev–Trinajstić information content (AvgIpc) is 2.53. The molecule has 0 aromatic carbocycles. The highest BCUT2D eigenvalue weighted by Gasteiger charge is 2.26. The summed E-state index contributed by atoms with van der Waals surface area (Å²) >= 11 is 0. The van der Waals surface area contributed by atoms with Gasteiger partial charge in [-0.15, -0.1) is 0 Å². The molecule has 6 nitrogen and oxygen atoms in total. The third-order valence-electron chi connectivity index (χ3n) is 3.57. The molecule has 1 aromatic heterocycles. The Bertz CT molecular complexity index is 539. The first-order valence-electron chi connectivity index (χ1n) is 7.31. The maximum atomic E-state index is 12.5. The summed E-state index contributed by atoms with van der Waals surface area (Å²) in [7, 11) is -1.48. The molecule has 0 unspecified atom stereocenters. The normalized spacial score (nSPS) is 16.9. The highest BCUT2D eigenvalue weighted by Crippen LogP contribution is 2.18. The highest BCUT2D eigenvalue weighted by molar-refractivity contribution is 7.89. The van der Waals surface area contributed by atoms with Gasteiger partial charge in [0, 0.05) is 32.9 Å². The molecule has 1 saturated heterocycles. The van der Waals surface area contributed by atoms with E-state index in [9.17, 15) is 8.42 Å². The fraction of sp³-hybridized carbons (Fsp3) is 0.643. The van der Waals surface area contributed by atoms with Gasteiger partial charge in [0.2, 0.25) is 10.0 Å². The van der Waals surface area contributed by atoms with Gasteiger partial charge in [0.15, 0.2) is 0 Å². The number of anilines is 1. The van der Waals surface area contributed by atoms with Crippen LogP contribution in [0.3, 0.4) is 0 Å². The molecule has 0 aliphatic carbocycles. The number of nitrogens with zero attached hydrogens (tertiary/aromatic N) is 3. The van der Waals surface area contributed by atoms with Gasteiger partial charge in [-0.05, 0) is 18.6 Å². The van der Waals surface area contributed by atoms with Gasteiger partial charge in [0.05, 0.1) is 13.2 Å². The standard InChI is InChI=1S/C14H23N3O3S/c1-3-4-7-16(2)14-6-5-13(12-15-14)21(18,19)17-8-10-20-11-9-17/h5-6,12H,3-4,7-11H2,1-2H3. The maximum absolute atomic E-state index is 12.5. The Kier molecular flexibility index (Phi) is 5.55. The highest BCUT2D eigenvalue weighted by atomic mass is 32.2. The zero-order chi connectivity index (χ0) is 15.3. The monoisotopic (exact) mass is 313 g/mol.